The number of Topliss-reactive ketones (excluding diaryl/α,β-unsaturated/α-hetero) is 1. The molecule has 1 atom stereocenters. The van der Waals surface area contributed by atoms with Crippen molar-refractivity contribution < 1.29 is 22.7 Å². The Bertz CT molecular complexity index is 939. The van der Waals surface area contributed by atoms with Crippen molar-refractivity contribution in [1.29, 1.82) is 0 Å². The SMILES string of the molecule is CCOC(=O)C(C(=O)c1ccc(S(C)(=O)=O)cc1Cl)c1ccc(Br)cc1. The summed E-state index contributed by atoms with van der Waals surface area (Å²) in [6, 6.07) is 10.5. The van der Waals surface area contributed by atoms with Crippen LogP contribution in [0.5, 0.6) is 0 Å². The summed E-state index contributed by atoms with van der Waals surface area (Å²) in [5.41, 5.74) is 0.514. The predicted octanol–water partition coefficient (Wildman–Crippen LogP) is 4.04. The summed E-state index contributed by atoms with van der Waals surface area (Å²) in [7, 11) is -3.46. The van der Waals surface area contributed by atoms with Gasteiger partial charge in [-0.1, -0.05) is 39.7 Å². The molecule has 0 heterocycles. The lowest BCUT2D eigenvalue weighted by molar-refractivity contribution is -0.143. The summed E-state index contributed by atoms with van der Waals surface area (Å²) in [4.78, 5) is 25.4. The number of carbonyl (C=O) groups is 2. The number of halogens is 2. The van der Waals surface area contributed by atoms with Crippen LogP contribution in [0.1, 0.15) is 28.8 Å². The van der Waals surface area contributed by atoms with E-state index in [1.54, 1.807) is 31.2 Å². The molecule has 8 heteroatoms. The molecule has 0 aliphatic rings. The summed E-state index contributed by atoms with van der Waals surface area (Å²) >= 11 is 9.43. The van der Waals surface area contributed by atoms with Crippen LogP contribution in [-0.2, 0) is 19.4 Å². The number of ether oxygens (including phenoxy) is 1. The van der Waals surface area contributed by atoms with E-state index in [1.165, 1.54) is 18.2 Å². The highest BCUT2D eigenvalue weighted by Crippen LogP contribution is 2.29. The van der Waals surface area contributed by atoms with E-state index in [-0.39, 0.29) is 22.1 Å². The minimum atomic E-state index is -3.46. The zero-order chi connectivity index (χ0) is 19.5. The second-order valence-corrected chi connectivity index (χ2v) is 8.85. The normalized spacial score (nSPS) is 12.5. The Morgan fingerprint density at radius 1 is 1.15 bits per heavy atom. The molecule has 0 spiro atoms. The van der Waals surface area contributed by atoms with Gasteiger partial charge in [0.2, 0.25) is 0 Å². The smallest absolute Gasteiger partial charge is 0.321 e. The van der Waals surface area contributed by atoms with Crippen molar-refractivity contribution in [3.63, 3.8) is 0 Å². The second-order valence-electron chi connectivity index (χ2n) is 5.51. The number of benzene rings is 2. The lowest BCUT2D eigenvalue weighted by atomic mass is 9.90. The molecular weight excluding hydrogens is 444 g/mol. The molecule has 0 aliphatic heterocycles. The molecule has 1 unspecified atom stereocenters. The van der Waals surface area contributed by atoms with Gasteiger partial charge in [0.15, 0.2) is 15.6 Å². The van der Waals surface area contributed by atoms with Gasteiger partial charge in [-0.25, -0.2) is 8.42 Å². The van der Waals surface area contributed by atoms with Gasteiger partial charge in [-0.15, -0.1) is 0 Å². The molecule has 2 aromatic carbocycles. The summed E-state index contributed by atoms with van der Waals surface area (Å²) in [5.74, 6) is -2.44. The van der Waals surface area contributed by atoms with Crippen LogP contribution >= 0.6 is 27.5 Å². The summed E-state index contributed by atoms with van der Waals surface area (Å²) in [6.45, 7) is 1.77. The van der Waals surface area contributed by atoms with Gasteiger partial charge in [0, 0.05) is 16.3 Å². The Hall–Kier alpha value is -1.70. The number of rotatable bonds is 6. The third-order valence-electron chi connectivity index (χ3n) is 3.62. The first-order chi connectivity index (χ1) is 12.1. The molecule has 2 rings (SSSR count). The minimum Gasteiger partial charge on any atom is -0.465 e. The maximum absolute atomic E-state index is 13.0. The van der Waals surface area contributed by atoms with E-state index in [2.05, 4.69) is 15.9 Å². The zero-order valence-corrected chi connectivity index (χ0v) is 17.2. The number of hydrogen-bond acceptors (Lipinski definition) is 5. The molecule has 0 amide bonds. The molecule has 0 radical (unpaired) electrons. The zero-order valence-electron chi connectivity index (χ0n) is 14.0. The van der Waals surface area contributed by atoms with Gasteiger partial charge in [0.1, 0.15) is 5.92 Å². The van der Waals surface area contributed by atoms with Crippen LogP contribution in [0.25, 0.3) is 0 Å². The van der Waals surface area contributed by atoms with E-state index in [4.69, 9.17) is 16.3 Å². The van der Waals surface area contributed by atoms with Crippen molar-refractivity contribution in [3.8, 4) is 0 Å². The fourth-order valence-electron chi connectivity index (χ4n) is 2.36. The highest BCUT2D eigenvalue weighted by Gasteiger charge is 2.32. The number of hydrogen-bond donors (Lipinski definition) is 0. The van der Waals surface area contributed by atoms with Crippen LogP contribution in [0.2, 0.25) is 5.02 Å². The van der Waals surface area contributed by atoms with Gasteiger partial charge in [0.25, 0.3) is 0 Å². The third-order valence-corrected chi connectivity index (χ3v) is 5.57. The molecule has 0 bridgehead atoms. The average molecular weight is 460 g/mol. The fraction of sp³-hybridized carbons (Fsp3) is 0.222. The van der Waals surface area contributed by atoms with Gasteiger partial charge in [-0.2, -0.15) is 0 Å². The molecule has 0 aromatic heterocycles. The van der Waals surface area contributed by atoms with Crippen molar-refractivity contribution in [2.45, 2.75) is 17.7 Å². The molecular formula is C18H16BrClO5S. The third kappa shape index (κ3) is 4.72. The standard InChI is InChI=1S/C18H16BrClO5S/c1-3-25-18(22)16(11-4-6-12(19)7-5-11)17(21)14-9-8-13(10-15(14)20)26(2,23)24/h4-10,16H,3H2,1-2H3. The van der Waals surface area contributed by atoms with Crippen LogP contribution < -0.4 is 0 Å². The highest BCUT2D eigenvalue weighted by molar-refractivity contribution is 9.10. The number of sulfone groups is 1. The lowest BCUT2D eigenvalue weighted by Gasteiger charge is -2.16. The second kappa shape index (κ2) is 8.33. The van der Waals surface area contributed by atoms with E-state index in [0.717, 1.165) is 10.7 Å². The van der Waals surface area contributed by atoms with E-state index in [1.807, 2.05) is 0 Å². The van der Waals surface area contributed by atoms with Crippen LogP contribution in [0.3, 0.4) is 0 Å². The molecule has 0 aliphatic carbocycles. The largest absolute Gasteiger partial charge is 0.465 e. The van der Waals surface area contributed by atoms with Crippen LogP contribution in [0.15, 0.2) is 51.8 Å². The van der Waals surface area contributed by atoms with E-state index in [9.17, 15) is 18.0 Å². The Kier molecular flexibility index (Phi) is 6.60. The molecule has 0 N–H and O–H groups in total. The maximum Gasteiger partial charge on any atom is 0.321 e. The summed E-state index contributed by atoms with van der Waals surface area (Å²) < 4.78 is 29.1. The monoisotopic (exact) mass is 458 g/mol. The molecule has 0 saturated carbocycles. The van der Waals surface area contributed by atoms with Crippen LogP contribution in [-0.4, -0.2) is 33.0 Å². The first-order valence-electron chi connectivity index (χ1n) is 7.61. The van der Waals surface area contributed by atoms with Gasteiger partial charge in [-0.05, 0) is 42.8 Å². The predicted molar refractivity (Wildman–Crippen MR) is 102 cm³/mol. The Labute approximate surface area is 165 Å². The number of carbonyl (C=O) groups excluding carboxylic acids is 2. The summed E-state index contributed by atoms with van der Waals surface area (Å²) in [6.07, 6.45) is 1.05. The first kappa shape index (κ1) is 20.6. The lowest BCUT2D eigenvalue weighted by Crippen LogP contribution is -2.24. The first-order valence-corrected chi connectivity index (χ1v) is 10.7. The van der Waals surface area contributed by atoms with E-state index >= 15 is 0 Å². The van der Waals surface area contributed by atoms with Crippen molar-refractivity contribution in [1.82, 2.24) is 0 Å². The fourth-order valence-corrected chi connectivity index (χ4v) is 3.61. The van der Waals surface area contributed by atoms with E-state index < -0.39 is 27.5 Å². The molecule has 0 fully saturated rings. The number of ketones is 1. The Balaban J connectivity index is 2.50. The minimum absolute atomic E-state index is 0.00428. The molecule has 2 aromatic rings. The molecule has 26 heavy (non-hydrogen) atoms. The van der Waals surface area contributed by atoms with Crippen molar-refractivity contribution in [2.75, 3.05) is 12.9 Å². The van der Waals surface area contributed by atoms with Gasteiger partial charge in [0.05, 0.1) is 16.5 Å². The quantitative estimate of drug-likeness (QED) is 0.370. The van der Waals surface area contributed by atoms with Crippen molar-refractivity contribution in [3.05, 3.63) is 63.1 Å². The van der Waals surface area contributed by atoms with Crippen molar-refractivity contribution in [2.24, 2.45) is 0 Å². The van der Waals surface area contributed by atoms with Gasteiger partial charge in [-0.3, -0.25) is 9.59 Å². The highest BCUT2D eigenvalue weighted by atomic mass is 79.9. The molecule has 138 valence electrons. The number of esters is 1. The van der Waals surface area contributed by atoms with Crippen LogP contribution in [0.4, 0.5) is 0 Å². The van der Waals surface area contributed by atoms with Crippen molar-refractivity contribution >= 4 is 49.1 Å². The van der Waals surface area contributed by atoms with E-state index in [0.29, 0.717) is 5.56 Å². The van der Waals surface area contributed by atoms with Gasteiger partial charge < -0.3 is 4.74 Å². The Morgan fingerprint density at radius 2 is 1.77 bits per heavy atom. The topological polar surface area (TPSA) is 77.5 Å². The maximum atomic E-state index is 13.0. The Morgan fingerprint density at radius 3 is 2.27 bits per heavy atom. The molecule has 5 nitrogen and oxygen atoms in total. The van der Waals surface area contributed by atoms with Crippen LogP contribution in [0, 0.1) is 0 Å². The molecule has 0 saturated heterocycles. The average Bonchev–Trinajstić information content (AvgIpc) is 2.56. The van der Waals surface area contributed by atoms with Gasteiger partial charge >= 0.3 is 5.97 Å². The summed E-state index contributed by atoms with van der Waals surface area (Å²) in [5, 5.41) is -0.0377.